The van der Waals surface area contributed by atoms with Crippen LogP contribution >= 0.6 is 0 Å². The van der Waals surface area contributed by atoms with Crippen LogP contribution in [0.1, 0.15) is 48.2 Å². The van der Waals surface area contributed by atoms with Gasteiger partial charge < -0.3 is 21.1 Å². The van der Waals surface area contributed by atoms with E-state index in [4.69, 9.17) is 10.7 Å². The van der Waals surface area contributed by atoms with Gasteiger partial charge in [0, 0.05) is 53.8 Å². The SMILES string of the molecule is CC(C)(O)Cn1ncc2cc(-c3c(-c4cccc(C#N)c4F)nc(N4CCC(N)CC4)c4c3CNC4=O)c(F)cc21. The summed E-state index contributed by atoms with van der Waals surface area (Å²) in [4.78, 5) is 20.0. The molecule has 0 spiro atoms. The molecule has 1 fully saturated rings. The van der Waals surface area contributed by atoms with Crippen LogP contribution in [0.25, 0.3) is 33.3 Å². The number of aliphatic hydroxyl groups is 1. The van der Waals surface area contributed by atoms with E-state index in [0.29, 0.717) is 53.8 Å². The third-order valence-electron chi connectivity index (χ3n) is 7.68. The number of nitrogens with one attached hydrogen (secondary N) is 1. The van der Waals surface area contributed by atoms with Gasteiger partial charge in [-0.15, -0.1) is 0 Å². The lowest BCUT2D eigenvalue weighted by atomic mass is 9.90. The molecular formula is C30H29F2N7O2. The van der Waals surface area contributed by atoms with Crippen molar-refractivity contribution in [2.75, 3.05) is 18.0 Å². The first-order valence-electron chi connectivity index (χ1n) is 13.5. The van der Waals surface area contributed by atoms with Crippen molar-refractivity contribution in [3.63, 3.8) is 0 Å². The monoisotopic (exact) mass is 557 g/mol. The first-order chi connectivity index (χ1) is 19.6. The highest BCUT2D eigenvalue weighted by Gasteiger charge is 2.35. The Bertz CT molecular complexity index is 1740. The lowest BCUT2D eigenvalue weighted by Crippen LogP contribution is -2.40. The second-order valence-electron chi connectivity index (χ2n) is 11.3. The Morgan fingerprint density at radius 3 is 2.66 bits per heavy atom. The number of nitriles is 1. The summed E-state index contributed by atoms with van der Waals surface area (Å²) < 4.78 is 33.3. The molecule has 41 heavy (non-hydrogen) atoms. The zero-order valence-electron chi connectivity index (χ0n) is 22.7. The highest BCUT2D eigenvalue weighted by Crippen LogP contribution is 2.44. The van der Waals surface area contributed by atoms with Crippen LogP contribution in [0.4, 0.5) is 14.6 Å². The number of nitrogens with two attached hydrogens (primary N) is 1. The molecule has 4 aromatic rings. The maximum atomic E-state index is 16.1. The normalized spacial score (nSPS) is 15.7. The van der Waals surface area contributed by atoms with Crippen LogP contribution in [0.2, 0.25) is 0 Å². The number of pyridine rings is 1. The van der Waals surface area contributed by atoms with Gasteiger partial charge in [-0.25, -0.2) is 13.8 Å². The third kappa shape index (κ3) is 4.69. The first kappa shape index (κ1) is 26.8. The third-order valence-corrected chi connectivity index (χ3v) is 7.68. The van der Waals surface area contributed by atoms with Gasteiger partial charge in [0.25, 0.3) is 5.91 Å². The zero-order chi connectivity index (χ0) is 29.1. The minimum Gasteiger partial charge on any atom is -0.389 e. The maximum absolute atomic E-state index is 16.1. The highest BCUT2D eigenvalue weighted by molar-refractivity contribution is 6.07. The molecule has 0 atom stereocenters. The fourth-order valence-electron chi connectivity index (χ4n) is 5.70. The van der Waals surface area contributed by atoms with Crippen LogP contribution in [0.3, 0.4) is 0 Å². The number of halogens is 2. The summed E-state index contributed by atoms with van der Waals surface area (Å²) in [5.41, 5.74) is 6.77. The molecule has 0 saturated carbocycles. The molecule has 4 N–H and O–H groups in total. The highest BCUT2D eigenvalue weighted by atomic mass is 19.1. The fraction of sp³-hybridized carbons (Fsp3) is 0.333. The molecule has 210 valence electrons. The number of hydrogen-bond acceptors (Lipinski definition) is 7. The molecule has 11 heteroatoms. The van der Waals surface area contributed by atoms with Crippen molar-refractivity contribution in [3.8, 4) is 28.5 Å². The number of amides is 1. The van der Waals surface area contributed by atoms with E-state index in [1.165, 1.54) is 22.9 Å². The number of carbonyl (C=O) groups excluding carboxylic acids is 1. The van der Waals surface area contributed by atoms with Crippen molar-refractivity contribution < 1.29 is 18.7 Å². The van der Waals surface area contributed by atoms with Crippen molar-refractivity contribution in [1.29, 1.82) is 5.26 Å². The number of piperidine rings is 1. The molecular weight excluding hydrogens is 528 g/mol. The quantitative estimate of drug-likeness (QED) is 0.339. The molecule has 1 saturated heterocycles. The molecule has 0 radical (unpaired) electrons. The van der Waals surface area contributed by atoms with Crippen LogP contribution in [0.5, 0.6) is 0 Å². The van der Waals surface area contributed by atoms with E-state index in [0.717, 1.165) is 0 Å². The van der Waals surface area contributed by atoms with E-state index in [2.05, 4.69) is 10.4 Å². The summed E-state index contributed by atoms with van der Waals surface area (Å²) in [5, 5.41) is 27.6. The van der Waals surface area contributed by atoms with Crippen molar-refractivity contribution in [2.45, 2.75) is 51.4 Å². The van der Waals surface area contributed by atoms with E-state index in [9.17, 15) is 15.2 Å². The zero-order valence-corrected chi connectivity index (χ0v) is 22.7. The van der Waals surface area contributed by atoms with Crippen molar-refractivity contribution in [2.24, 2.45) is 5.73 Å². The first-order valence-corrected chi connectivity index (χ1v) is 13.5. The Hall–Kier alpha value is -4.40. The van der Waals surface area contributed by atoms with Gasteiger partial charge in [-0.3, -0.25) is 9.48 Å². The number of carbonyl (C=O) groups is 1. The number of aromatic nitrogens is 3. The standard InChI is InChI=1S/C30H29F2N7O2/c1-30(2,41)15-39-23-11-22(31)20(10-17(23)13-36-39)24-21-14-35-29(40)25(21)28(38-8-6-18(34)7-9-38)37-27(24)19-5-3-4-16(12-33)26(19)32/h3-5,10-11,13,18,41H,6-9,14-15,34H2,1-2H3,(H,35,40). The lowest BCUT2D eigenvalue weighted by molar-refractivity contribution is 0.0591. The van der Waals surface area contributed by atoms with Gasteiger partial charge in [-0.2, -0.15) is 10.4 Å². The summed E-state index contributed by atoms with van der Waals surface area (Å²) in [6, 6.07) is 9.26. The number of anilines is 1. The van der Waals surface area contributed by atoms with Gasteiger partial charge in [-0.1, -0.05) is 6.07 Å². The number of nitrogens with zero attached hydrogens (tertiary/aromatic N) is 5. The molecule has 0 aliphatic carbocycles. The molecule has 0 bridgehead atoms. The van der Waals surface area contributed by atoms with E-state index >= 15 is 8.78 Å². The summed E-state index contributed by atoms with van der Waals surface area (Å²) in [6.45, 7) is 4.66. The molecule has 1 amide bonds. The number of rotatable bonds is 5. The van der Waals surface area contributed by atoms with Gasteiger partial charge in [0.05, 0.1) is 40.7 Å². The molecule has 9 nitrogen and oxygen atoms in total. The largest absolute Gasteiger partial charge is 0.389 e. The number of benzene rings is 2. The van der Waals surface area contributed by atoms with E-state index in [1.54, 1.807) is 32.2 Å². The number of hydrogen-bond donors (Lipinski definition) is 3. The minimum absolute atomic E-state index is 0.0355. The van der Waals surface area contributed by atoms with Gasteiger partial charge in [0.2, 0.25) is 0 Å². The second-order valence-corrected chi connectivity index (χ2v) is 11.3. The summed E-state index contributed by atoms with van der Waals surface area (Å²) in [5.74, 6) is -1.34. The molecule has 2 aliphatic rings. The smallest absolute Gasteiger partial charge is 0.255 e. The van der Waals surface area contributed by atoms with Crippen LogP contribution in [0.15, 0.2) is 36.5 Å². The molecule has 2 aromatic carbocycles. The topological polar surface area (TPSA) is 133 Å². The summed E-state index contributed by atoms with van der Waals surface area (Å²) in [6.07, 6.45) is 2.98. The minimum atomic E-state index is -1.07. The predicted molar refractivity (Wildman–Crippen MR) is 150 cm³/mol. The van der Waals surface area contributed by atoms with Gasteiger partial charge >= 0.3 is 0 Å². The van der Waals surface area contributed by atoms with Crippen molar-refractivity contribution in [1.82, 2.24) is 20.1 Å². The molecule has 4 heterocycles. The van der Waals surface area contributed by atoms with Crippen LogP contribution < -0.4 is 16.0 Å². The van der Waals surface area contributed by atoms with Gasteiger partial charge in [0.15, 0.2) is 0 Å². The summed E-state index contributed by atoms with van der Waals surface area (Å²) >= 11 is 0. The Labute approximate surface area is 235 Å². The molecule has 6 rings (SSSR count). The molecule has 0 unspecified atom stereocenters. The number of fused-ring (bicyclic) bond motifs is 2. The second kappa shape index (κ2) is 9.90. The van der Waals surface area contributed by atoms with Gasteiger partial charge in [0.1, 0.15) is 23.5 Å². The maximum Gasteiger partial charge on any atom is 0.255 e. The Morgan fingerprint density at radius 2 is 1.95 bits per heavy atom. The van der Waals surface area contributed by atoms with Crippen LogP contribution in [-0.4, -0.2) is 50.5 Å². The fourth-order valence-corrected chi connectivity index (χ4v) is 5.70. The predicted octanol–water partition coefficient (Wildman–Crippen LogP) is 3.86. The van der Waals surface area contributed by atoms with Crippen molar-refractivity contribution >= 4 is 22.6 Å². The Balaban J connectivity index is 1.63. The van der Waals surface area contributed by atoms with Gasteiger partial charge in [-0.05, 0) is 50.5 Å². The Morgan fingerprint density at radius 1 is 1.20 bits per heavy atom. The lowest BCUT2D eigenvalue weighted by Gasteiger charge is -2.33. The van der Waals surface area contributed by atoms with E-state index < -0.39 is 17.2 Å². The van der Waals surface area contributed by atoms with Crippen LogP contribution in [0, 0.1) is 23.0 Å². The van der Waals surface area contributed by atoms with E-state index in [-0.39, 0.29) is 53.0 Å². The average Bonchev–Trinajstić information content (AvgIpc) is 3.50. The van der Waals surface area contributed by atoms with E-state index in [1.807, 2.05) is 11.0 Å². The van der Waals surface area contributed by atoms with Crippen LogP contribution in [-0.2, 0) is 13.1 Å². The molecule has 2 aromatic heterocycles. The summed E-state index contributed by atoms with van der Waals surface area (Å²) in [7, 11) is 0. The average molecular weight is 558 g/mol. The Kier molecular flexibility index (Phi) is 6.47. The van der Waals surface area contributed by atoms with Crippen molar-refractivity contribution in [3.05, 3.63) is 64.9 Å². The molecule has 2 aliphatic heterocycles.